The zero-order valence-corrected chi connectivity index (χ0v) is 19.4. The van der Waals surface area contributed by atoms with E-state index in [9.17, 15) is 4.79 Å². The lowest BCUT2D eigenvalue weighted by atomic mass is 10.1. The van der Waals surface area contributed by atoms with Gasteiger partial charge in [0.15, 0.2) is 5.16 Å². The average molecular weight is 467 g/mol. The first-order valence-electron chi connectivity index (χ1n) is 10.8. The van der Waals surface area contributed by atoms with E-state index >= 15 is 0 Å². The van der Waals surface area contributed by atoms with Crippen LogP contribution >= 0.6 is 11.8 Å². The first kappa shape index (κ1) is 22.6. The molecule has 11 heteroatoms. The molecule has 33 heavy (non-hydrogen) atoms. The highest BCUT2D eigenvalue weighted by Crippen LogP contribution is 2.25. The summed E-state index contributed by atoms with van der Waals surface area (Å²) in [6.07, 6.45) is 0. The Balaban J connectivity index is 1.31. The summed E-state index contributed by atoms with van der Waals surface area (Å²) < 4.78 is 7.59. The van der Waals surface area contributed by atoms with E-state index in [4.69, 9.17) is 4.74 Å². The molecule has 0 spiro atoms. The number of carbonyl (C=O) groups is 1. The van der Waals surface area contributed by atoms with Crippen LogP contribution < -0.4 is 20.7 Å². The van der Waals surface area contributed by atoms with Gasteiger partial charge in [-0.3, -0.25) is 4.79 Å². The van der Waals surface area contributed by atoms with Gasteiger partial charge >= 0.3 is 0 Å². The number of ether oxygens (including phenoxy) is 1. The topological polar surface area (TPSA) is 118 Å². The first-order valence-corrected chi connectivity index (χ1v) is 11.8. The lowest BCUT2D eigenvalue weighted by molar-refractivity contribution is -0.118. The highest BCUT2D eigenvalue weighted by atomic mass is 32.2. The van der Waals surface area contributed by atoms with Crippen LogP contribution in [0.2, 0.25) is 0 Å². The number of benzene rings is 2. The van der Waals surface area contributed by atoms with Crippen LogP contribution in [-0.4, -0.2) is 62.5 Å². The maximum absolute atomic E-state index is 12.3. The summed E-state index contributed by atoms with van der Waals surface area (Å²) in [5.74, 6) is 2.36. The van der Waals surface area contributed by atoms with Crippen molar-refractivity contribution in [2.24, 2.45) is 0 Å². The minimum absolute atomic E-state index is 0.117. The van der Waals surface area contributed by atoms with Gasteiger partial charge < -0.3 is 20.7 Å². The van der Waals surface area contributed by atoms with E-state index in [2.05, 4.69) is 36.1 Å². The standard InChI is InChI=1S/C22H26N8O2S/c1-3-23-19-26-20(24-4-2)30-21(27-19)28-29-22(30)33-14-18(31)25-12-13-32-17-11-7-9-15-8-5-6-10-16(15)17/h5-11H,3-4,12-14H2,1-2H3,(H,25,31)(H2,23,24,26,27,28). The molecule has 0 saturated heterocycles. The summed E-state index contributed by atoms with van der Waals surface area (Å²) in [6, 6.07) is 14.0. The number of nitrogens with one attached hydrogen (secondary N) is 3. The van der Waals surface area contributed by atoms with E-state index in [0.29, 0.717) is 49.1 Å². The molecule has 0 saturated carbocycles. The second-order valence-electron chi connectivity index (χ2n) is 7.01. The summed E-state index contributed by atoms with van der Waals surface area (Å²) in [5, 5.41) is 20.2. The van der Waals surface area contributed by atoms with Crippen LogP contribution in [0.25, 0.3) is 16.6 Å². The van der Waals surface area contributed by atoms with Gasteiger partial charge in [-0.15, -0.1) is 10.2 Å². The van der Waals surface area contributed by atoms with Crippen molar-refractivity contribution in [2.75, 3.05) is 42.6 Å². The van der Waals surface area contributed by atoms with E-state index in [1.807, 2.05) is 56.3 Å². The predicted octanol–water partition coefficient (Wildman–Crippen LogP) is 2.82. The lowest BCUT2D eigenvalue weighted by Crippen LogP contribution is -2.29. The number of aromatic nitrogens is 5. The van der Waals surface area contributed by atoms with Crippen molar-refractivity contribution < 1.29 is 9.53 Å². The Labute approximate surface area is 195 Å². The smallest absolute Gasteiger partial charge is 0.261 e. The van der Waals surface area contributed by atoms with Gasteiger partial charge in [0.2, 0.25) is 17.8 Å². The normalized spacial score (nSPS) is 11.0. The van der Waals surface area contributed by atoms with Crippen molar-refractivity contribution in [2.45, 2.75) is 19.0 Å². The van der Waals surface area contributed by atoms with Gasteiger partial charge in [-0.05, 0) is 25.3 Å². The Bertz CT molecular complexity index is 1240. The molecule has 2 heterocycles. The molecule has 3 N–H and O–H groups in total. The molecule has 0 radical (unpaired) electrons. The third-order valence-electron chi connectivity index (χ3n) is 4.68. The monoisotopic (exact) mass is 466 g/mol. The number of carbonyl (C=O) groups excluding carboxylic acids is 1. The van der Waals surface area contributed by atoms with Crippen molar-refractivity contribution >= 4 is 46.1 Å². The lowest BCUT2D eigenvalue weighted by Gasteiger charge is -2.10. The van der Waals surface area contributed by atoms with E-state index in [0.717, 1.165) is 16.5 Å². The molecular formula is C22H26N8O2S. The van der Waals surface area contributed by atoms with Crippen molar-refractivity contribution in [3.05, 3.63) is 42.5 Å². The van der Waals surface area contributed by atoms with E-state index in [-0.39, 0.29) is 11.7 Å². The van der Waals surface area contributed by atoms with Gasteiger partial charge in [-0.25, -0.2) is 4.40 Å². The number of anilines is 2. The molecule has 0 fully saturated rings. The molecule has 0 bridgehead atoms. The molecule has 0 aliphatic carbocycles. The SMILES string of the molecule is CCNc1nc(NCC)n2c(SCC(=O)NCCOc3cccc4ccccc34)nnc2n1. The maximum Gasteiger partial charge on any atom is 0.261 e. The van der Waals surface area contributed by atoms with Gasteiger partial charge in [0, 0.05) is 18.5 Å². The van der Waals surface area contributed by atoms with Gasteiger partial charge in [0.25, 0.3) is 5.78 Å². The second-order valence-corrected chi connectivity index (χ2v) is 7.96. The summed E-state index contributed by atoms with van der Waals surface area (Å²) in [6.45, 7) is 6.10. The Hall–Kier alpha value is -3.60. The van der Waals surface area contributed by atoms with Crippen molar-refractivity contribution in [3.63, 3.8) is 0 Å². The Kier molecular flexibility index (Phi) is 7.40. The minimum atomic E-state index is -0.117. The fourth-order valence-corrected chi connectivity index (χ4v) is 4.01. The summed E-state index contributed by atoms with van der Waals surface area (Å²) in [4.78, 5) is 21.2. The van der Waals surface area contributed by atoms with Crippen molar-refractivity contribution in [1.82, 2.24) is 29.9 Å². The summed E-state index contributed by atoms with van der Waals surface area (Å²) >= 11 is 1.28. The molecule has 10 nitrogen and oxygen atoms in total. The number of hydrogen-bond acceptors (Lipinski definition) is 9. The third kappa shape index (κ3) is 5.43. The molecule has 172 valence electrons. The van der Waals surface area contributed by atoms with Gasteiger partial charge in [-0.1, -0.05) is 48.2 Å². The molecule has 0 aliphatic heterocycles. The number of fused-ring (bicyclic) bond motifs is 2. The van der Waals surface area contributed by atoms with E-state index in [1.54, 1.807) is 4.40 Å². The highest BCUT2D eigenvalue weighted by Gasteiger charge is 2.15. The molecule has 0 atom stereocenters. The molecule has 4 aromatic rings. The van der Waals surface area contributed by atoms with Crippen LogP contribution in [0.15, 0.2) is 47.6 Å². The minimum Gasteiger partial charge on any atom is -0.491 e. The summed E-state index contributed by atoms with van der Waals surface area (Å²) in [7, 11) is 0. The zero-order chi connectivity index (χ0) is 23.0. The highest BCUT2D eigenvalue weighted by molar-refractivity contribution is 7.99. The number of rotatable bonds is 11. The van der Waals surface area contributed by atoms with Crippen molar-refractivity contribution in [3.8, 4) is 5.75 Å². The molecule has 0 aliphatic rings. The average Bonchev–Trinajstić information content (AvgIpc) is 3.24. The van der Waals surface area contributed by atoms with E-state index < -0.39 is 0 Å². The largest absolute Gasteiger partial charge is 0.491 e. The van der Waals surface area contributed by atoms with Gasteiger partial charge in [0.1, 0.15) is 12.4 Å². The van der Waals surface area contributed by atoms with Crippen LogP contribution in [0.5, 0.6) is 5.75 Å². The molecule has 2 aromatic heterocycles. The fourth-order valence-electron chi connectivity index (χ4n) is 3.25. The Morgan fingerprint density at radius 2 is 1.85 bits per heavy atom. The van der Waals surface area contributed by atoms with Gasteiger partial charge in [-0.2, -0.15) is 9.97 Å². The zero-order valence-electron chi connectivity index (χ0n) is 18.5. The molecule has 4 rings (SSSR count). The predicted molar refractivity (Wildman–Crippen MR) is 130 cm³/mol. The number of thioether (sulfide) groups is 1. The van der Waals surface area contributed by atoms with Gasteiger partial charge in [0.05, 0.1) is 12.3 Å². The Morgan fingerprint density at radius 1 is 1.03 bits per heavy atom. The van der Waals surface area contributed by atoms with E-state index in [1.165, 1.54) is 11.8 Å². The van der Waals surface area contributed by atoms with Crippen LogP contribution in [-0.2, 0) is 4.79 Å². The van der Waals surface area contributed by atoms with Crippen LogP contribution in [0.1, 0.15) is 13.8 Å². The molecule has 2 aromatic carbocycles. The fraction of sp³-hybridized carbons (Fsp3) is 0.318. The number of nitrogens with zero attached hydrogens (tertiary/aromatic N) is 5. The van der Waals surface area contributed by atoms with Crippen LogP contribution in [0.3, 0.4) is 0 Å². The number of hydrogen-bond donors (Lipinski definition) is 3. The van der Waals surface area contributed by atoms with Crippen LogP contribution in [0, 0.1) is 0 Å². The molecular weight excluding hydrogens is 440 g/mol. The first-order chi connectivity index (χ1) is 16.2. The molecule has 1 amide bonds. The van der Waals surface area contributed by atoms with Crippen LogP contribution in [0.4, 0.5) is 11.9 Å². The second kappa shape index (κ2) is 10.8. The quantitative estimate of drug-likeness (QED) is 0.226. The third-order valence-corrected chi connectivity index (χ3v) is 5.61. The summed E-state index contributed by atoms with van der Waals surface area (Å²) in [5.41, 5.74) is 0. The maximum atomic E-state index is 12.3. The Morgan fingerprint density at radius 3 is 2.70 bits per heavy atom. The molecule has 0 unspecified atom stereocenters. The van der Waals surface area contributed by atoms with Crippen molar-refractivity contribution in [1.29, 1.82) is 0 Å². The number of amides is 1.